The van der Waals surface area contributed by atoms with Crippen molar-refractivity contribution >= 4 is 17.5 Å². The maximum atomic E-state index is 12.9. The van der Waals surface area contributed by atoms with Gasteiger partial charge in [-0.15, -0.1) is 0 Å². The fraction of sp³-hybridized carbons (Fsp3) is 0.545. The summed E-state index contributed by atoms with van der Waals surface area (Å²) in [5.74, 6) is 0.251. The maximum absolute atomic E-state index is 12.9. The van der Waals surface area contributed by atoms with Crippen LogP contribution in [0.25, 0.3) is 0 Å². The number of rotatable bonds is 4. The molecule has 4 heteroatoms. The summed E-state index contributed by atoms with van der Waals surface area (Å²) < 4.78 is 0. The molecule has 1 saturated heterocycles. The first-order valence-corrected chi connectivity index (χ1v) is 9.66. The van der Waals surface area contributed by atoms with E-state index in [9.17, 15) is 9.59 Å². The SMILES string of the molecule is CC(C)=C[C@H]1[C@H](C(=O)Nc2ccccc2C(=O)N2CCCCC2)C1(C)C. The van der Waals surface area contributed by atoms with Crippen LogP contribution in [0.3, 0.4) is 0 Å². The second kappa shape index (κ2) is 7.26. The van der Waals surface area contributed by atoms with Crippen LogP contribution in [0.15, 0.2) is 35.9 Å². The number of anilines is 1. The van der Waals surface area contributed by atoms with Gasteiger partial charge < -0.3 is 10.2 Å². The average molecular weight is 354 g/mol. The zero-order valence-electron chi connectivity index (χ0n) is 16.3. The van der Waals surface area contributed by atoms with Crippen LogP contribution in [0.1, 0.15) is 57.3 Å². The van der Waals surface area contributed by atoms with Crippen LogP contribution in [-0.4, -0.2) is 29.8 Å². The third-order valence-electron chi connectivity index (χ3n) is 5.76. The molecule has 3 rings (SSSR count). The summed E-state index contributed by atoms with van der Waals surface area (Å²) >= 11 is 0. The number of piperidine rings is 1. The molecule has 1 aromatic carbocycles. The Morgan fingerprint density at radius 2 is 1.77 bits per heavy atom. The van der Waals surface area contributed by atoms with Gasteiger partial charge in [-0.2, -0.15) is 0 Å². The number of likely N-dealkylation sites (tertiary alicyclic amines) is 1. The molecule has 140 valence electrons. The van der Waals surface area contributed by atoms with E-state index in [4.69, 9.17) is 0 Å². The number of carbonyl (C=O) groups is 2. The van der Waals surface area contributed by atoms with Gasteiger partial charge in [0, 0.05) is 13.1 Å². The van der Waals surface area contributed by atoms with Crippen LogP contribution in [0.4, 0.5) is 5.69 Å². The second-order valence-electron chi connectivity index (χ2n) is 8.46. The Morgan fingerprint density at radius 3 is 2.42 bits per heavy atom. The number of amides is 2. The molecule has 1 aromatic rings. The summed E-state index contributed by atoms with van der Waals surface area (Å²) in [5.41, 5.74) is 2.43. The molecule has 2 amide bonds. The lowest BCUT2D eigenvalue weighted by molar-refractivity contribution is -0.118. The minimum Gasteiger partial charge on any atom is -0.339 e. The molecule has 1 N–H and O–H groups in total. The Balaban J connectivity index is 1.75. The number of benzene rings is 1. The predicted molar refractivity (Wildman–Crippen MR) is 105 cm³/mol. The first-order valence-electron chi connectivity index (χ1n) is 9.66. The minimum absolute atomic E-state index is 0.0106. The number of hydrogen-bond donors (Lipinski definition) is 1. The largest absolute Gasteiger partial charge is 0.339 e. The van der Waals surface area contributed by atoms with E-state index in [-0.39, 0.29) is 29.1 Å². The molecule has 0 spiro atoms. The standard InChI is InChI=1S/C22H30N2O2/c1-15(2)14-17-19(22(17,3)4)20(25)23-18-11-7-6-10-16(18)21(26)24-12-8-5-9-13-24/h6-7,10-11,14,17,19H,5,8-9,12-13H2,1-4H3,(H,23,25)/t17-,19+/m0/s1. The average Bonchev–Trinajstić information content (AvgIpc) is 3.15. The summed E-state index contributed by atoms with van der Waals surface area (Å²) in [5, 5.41) is 3.04. The normalized spacial score (nSPS) is 23.9. The Bertz CT molecular complexity index is 725. The molecule has 1 heterocycles. The van der Waals surface area contributed by atoms with E-state index in [1.807, 2.05) is 29.2 Å². The van der Waals surface area contributed by atoms with Crippen molar-refractivity contribution in [3.63, 3.8) is 0 Å². The summed E-state index contributed by atoms with van der Waals surface area (Å²) in [6, 6.07) is 7.38. The molecule has 2 aliphatic rings. The van der Waals surface area contributed by atoms with E-state index in [2.05, 4.69) is 39.1 Å². The van der Waals surface area contributed by atoms with E-state index in [0.717, 1.165) is 25.9 Å². The molecule has 4 nitrogen and oxygen atoms in total. The molecule has 26 heavy (non-hydrogen) atoms. The van der Waals surface area contributed by atoms with Crippen LogP contribution in [0.5, 0.6) is 0 Å². The van der Waals surface area contributed by atoms with Gasteiger partial charge in [-0.25, -0.2) is 0 Å². The van der Waals surface area contributed by atoms with Gasteiger partial charge in [0.05, 0.1) is 17.2 Å². The lowest BCUT2D eigenvalue weighted by atomic mass is 10.1. The molecule has 1 aliphatic carbocycles. The summed E-state index contributed by atoms with van der Waals surface area (Å²) in [7, 11) is 0. The van der Waals surface area contributed by atoms with Crippen molar-refractivity contribution in [1.29, 1.82) is 0 Å². The zero-order chi connectivity index (χ0) is 18.9. The topological polar surface area (TPSA) is 49.4 Å². The predicted octanol–water partition coefficient (Wildman–Crippen LogP) is 4.49. The number of allylic oxidation sites excluding steroid dienone is 2. The molecular weight excluding hydrogens is 324 g/mol. The van der Waals surface area contributed by atoms with E-state index in [0.29, 0.717) is 11.3 Å². The van der Waals surface area contributed by atoms with Gasteiger partial charge in [0.15, 0.2) is 0 Å². The Kier molecular flexibility index (Phi) is 5.22. The number of nitrogens with one attached hydrogen (secondary N) is 1. The monoisotopic (exact) mass is 354 g/mol. The number of para-hydroxylation sites is 1. The lowest BCUT2D eigenvalue weighted by Crippen LogP contribution is -2.36. The highest BCUT2D eigenvalue weighted by Gasteiger charge is 2.60. The molecule has 2 fully saturated rings. The van der Waals surface area contributed by atoms with Crippen molar-refractivity contribution in [3.8, 4) is 0 Å². The molecular formula is C22H30N2O2. The highest BCUT2D eigenvalue weighted by atomic mass is 16.2. The second-order valence-corrected chi connectivity index (χ2v) is 8.46. The van der Waals surface area contributed by atoms with Crippen LogP contribution in [0.2, 0.25) is 0 Å². The van der Waals surface area contributed by atoms with E-state index in [1.54, 1.807) is 0 Å². The van der Waals surface area contributed by atoms with Gasteiger partial charge in [0.2, 0.25) is 5.91 Å². The first-order chi connectivity index (χ1) is 12.3. The fourth-order valence-corrected chi connectivity index (χ4v) is 4.11. The molecule has 0 bridgehead atoms. The van der Waals surface area contributed by atoms with Gasteiger partial charge in [0.25, 0.3) is 5.91 Å². The van der Waals surface area contributed by atoms with Gasteiger partial charge in [-0.3, -0.25) is 9.59 Å². The summed E-state index contributed by atoms with van der Waals surface area (Å²) in [6.45, 7) is 10.0. The van der Waals surface area contributed by atoms with Crippen molar-refractivity contribution < 1.29 is 9.59 Å². The molecule has 2 atom stereocenters. The number of hydrogen-bond acceptors (Lipinski definition) is 2. The summed E-state index contributed by atoms with van der Waals surface area (Å²) in [6.07, 6.45) is 5.49. The molecule has 1 saturated carbocycles. The van der Waals surface area contributed by atoms with Crippen LogP contribution < -0.4 is 5.32 Å². The van der Waals surface area contributed by atoms with Gasteiger partial charge >= 0.3 is 0 Å². The maximum Gasteiger partial charge on any atom is 0.255 e. The third kappa shape index (κ3) is 3.69. The Hall–Kier alpha value is -2.10. The quantitative estimate of drug-likeness (QED) is 0.810. The van der Waals surface area contributed by atoms with Crippen LogP contribution >= 0.6 is 0 Å². The third-order valence-corrected chi connectivity index (χ3v) is 5.76. The van der Waals surface area contributed by atoms with Crippen molar-refractivity contribution in [1.82, 2.24) is 4.90 Å². The van der Waals surface area contributed by atoms with Crippen LogP contribution in [-0.2, 0) is 4.79 Å². The van der Waals surface area contributed by atoms with Gasteiger partial charge in [-0.05, 0) is 56.6 Å². The fourth-order valence-electron chi connectivity index (χ4n) is 4.11. The first kappa shape index (κ1) is 18.7. The molecule has 0 unspecified atom stereocenters. The van der Waals surface area contributed by atoms with E-state index < -0.39 is 0 Å². The Labute approximate surface area is 156 Å². The van der Waals surface area contributed by atoms with Gasteiger partial charge in [-0.1, -0.05) is 37.6 Å². The molecule has 0 aromatic heterocycles. The van der Waals surface area contributed by atoms with Crippen molar-refractivity contribution in [2.45, 2.75) is 47.0 Å². The Morgan fingerprint density at radius 1 is 1.12 bits per heavy atom. The smallest absolute Gasteiger partial charge is 0.255 e. The highest BCUT2D eigenvalue weighted by Crippen LogP contribution is 2.59. The zero-order valence-corrected chi connectivity index (χ0v) is 16.3. The number of nitrogens with zero attached hydrogens (tertiary/aromatic N) is 1. The van der Waals surface area contributed by atoms with Crippen molar-refractivity contribution in [3.05, 3.63) is 41.5 Å². The highest BCUT2D eigenvalue weighted by molar-refractivity contribution is 6.05. The van der Waals surface area contributed by atoms with E-state index >= 15 is 0 Å². The van der Waals surface area contributed by atoms with Gasteiger partial charge in [0.1, 0.15) is 0 Å². The molecule has 1 aliphatic heterocycles. The van der Waals surface area contributed by atoms with Crippen molar-refractivity contribution in [2.24, 2.45) is 17.3 Å². The summed E-state index contributed by atoms with van der Waals surface area (Å²) in [4.78, 5) is 27.7. The van der Waals surface area contributed by atoms with E-state index in [1.165, 1.54) is 12.0 Å². The van der Waals surface area contributed by atoms with Crippen molar-refractivity contribution in [2.75, 3.05) is 18.4 Å². The lowest BCUT2D eigenvalue weighted by Gasteiger charge is -2.27. The molecule has 0 radical (unpaired) electrons. The number of carbonyl (C=O) groups excluding carboxylic acids is 2. The minimum atomic E-state index is -0.0458. The van der Waals surface area contributed by atoms with Crippen LogP contribution in [0, 0.1) is 17.3 Å².